The second-order valence-electron chi connectivity index (χ2n) is 4.60. The molecule has 7 nitrogen and oxygen atoms in total. The fourth-order valence-corrected chi connectivity index (χ4v) is 2.56. The van der Waals surface area contributed by atoms with Gasteiger partial charge in [-0.2, -0.15) is 10.5 Å². The first-order valence-electron chi connectivity index (χ1n) is 6.63. The van der Waals surface area contributed by atoms with Crippen molar-refractivity contribution in [2.24, 2.45) is 0 Å². The lowest BCUT2D eigenvalue weighted by Crippen LogP contribution is -2.50. The number of nitrogens with one attached hydrogen (secondary N) is 2. The van der Waals surface area contributed by atoms with E-state index in [4.69, 9.17) is 19.6 Å². The maximum atomic E-state index is 8.57. The number of nitriles is 2. The van der Waals surface area contributed by atoms with E-state index < -0.39 is 8.53 Å². The summed E-state index contributed by atoms with van der Waals surface area (Å²) in [5, 5.41) is 17.1. The average molecular weight is 301 g/mol. The van der Waals surface area contributed by atoms with E-state index in [9.17, 15) is 0 Å². The van der Waals surface area contributed by atoms with Gasteiger partial charge in [0.25, 0.3) is 8.53 Å². The first kappa shape index (κ1) is 19.2. The zero-order valence-electron chi connectivity index (χ0n) is 12.6. The molecule has 0 atom stereocenters. The van der Waals surface area contributed by atoms with Crippen LogP contribution in [0, 0.1) is 22.7 Å². The Morgan fingerprint density at radius 3 is 1.65 bits per heavy atom. The van der Waals surface area contributed by atoms with Gasteiger partial charge >= 0.3 is 0 Å². The topological polar surface area (TPSA) is 93.3 Å². The van der Waals surface area contributed by atoms with Crippen LogP contribution in [0.5, 0.6) is 0 Å². The van der Waals surface area contributed by atoms with Crippen LogP contribution in [-0.4, -0.2) is 30.2 Å². The maximum absolute atomic E-state index is 8.57. The summed E-state index contributed by atoms with van der Waals surface area (Å²) in [6.45, 7) is 8.62. The first-order valence-corrected chi connectivity index (χ1v) is 7.76. The van der Waals surface area contributed by atoms with Crippen molar-refractivity contribution < 1.29 is 9.05 Å². The van der Waals surface area contributed by atoms with Crippen LogP contribution >= 0.6 is 8.53 Å². The van der Waals surface area contributed by atoms with Crippen LogP contribution < -0.4 is 10.9 Å². The van der Waals surface area contributed by atoms with Crippen molar-refractivity contribution in [3.8, 4) is 12.1 Å². The van der Waals surface area contributed by atoms with E-state index in [1.807, 2.05) is 39.8 Å². The molecular formula is C12H24N5O2P. The molecule has 0 bridgehead atoms. The SMILES string of the molecule is CC(C)NN(NC(C)C)P(OCCC#N)OCCC#N. The largest absolute Gasteiger partial charge is 0.319 e. The van der Waals surface area contributed by atoms with Crippen LogP contribution in [0.15, 0.2) is 0 Å². The molecule has 0 unspecified atom stereocenters. The Morgan fingerprint density at radius 1 is 0.950 bits per heavy atom. The third-order valence-electron chi connectivity index (χ3n) is 1.76. The Kier molecular flexibility index (Phi) is 11.5. The molecule has 0 fully saturated rings. The van der Waals surface area contributed by atoms with E-state index >= 15 is 0 Å². The van der Waals surface area contributed by atoms with Gasteiger partial charge < -0.3 is 9.05 Å². The zero-order chi connectivity index (χ0) is 15.4. The summed E-state index contributed by atoms with van der Waals surface area (Å²) >= 11 is 0. The molecule has 114 valence electrons. The van der Waals surface area contributed by atoms with Crippen molar-refractivity contribution in [1.29, 1.82) is 10.5 Å². The molecule has 0 aliphatic carbocycles. The monoisotopic (exact) mass is 301 g/mol. The highest BCUT2D eigenvalue weighted by Crippen LogP contribution is 2.40. The molecule has 0 saturated heterocycles. The van der Waals surface area contributed by atoms with Crippen LogP contribution in [0.3, 0.4) is 0 Å². The van der Waals surface area contributed by atoms with E-state index in [2.05, 4.69) is 10.9 Å². The lowest BCUT2D eigenvalue weighted by Gasteiger charge is -2.32. The Morgan fingerprint density at radius 2 is 1.35 bits per heavy atom. The molecule has 0 aliphatic heterocycles. The van der Waals surface area contributed by atoms with Crippen molar-refractivity contribution in [1.82, 2.24) is 15.7 Å². The van der Waals surface area contributed by atoms with Gasteiger partial charge in [0.1, 0.15) is 0 Å². The zero-order valence-corrected chi connectivity index (χ0v) is 13.5. The Bertz CT molecular complexity index is 297. The Labute approximate surface area is 122 Å². The van der Waals surface area contributed by atoms with E-state index in [0.29, 0.717) is 26.1 Å². The molecule has 0 aromatic rings. The van der Waals surface area contributed by atoms with Gasteiger partial charge in [0, 0.05) is 12.1 Å². The maximum Gasteiger partial charge on any atom is 0.288 e. The summed E-state index contributed by atoms with van der Waals surface area (Å²) in [6.07, 6.45) is 0.606. The second kappa shape index (κ2) is 12.0. The Balaban J connectivity index is 4.59. The fourth-order valence-electron chi connectivity index (χ4n) is 1.11. The molecule has 0 spiro atoms. The fraction of sp³-hybridized carbons (Fsp3) is 0.833. The van der Waals surface area contributed by atoms with Gasteiger partial charge in [-0.25, -0.2) is 10.9 Å². The number of nitrogens with zero attached hydrogens (tertiary/aromatic N) is 3. The number of hydrazine groups is 2. The number of hydrogen-bond acceptors (Lipinski definition) is 7. The summed E-state index contributed by atoms with van der Waals surface area (Å²) in [5.41, 5.74) is 6.40. The van der Waals surface area contributed by atoms with Gasteiger partial charge in [-0.15, -0.1) is 4.89 Å². The van der Waals surface area contributed by atoms with Crippen LogP contribution in [0.1, 0.15) is 40.5 Å². The Hall–Kier alpha value is -0.790. The van der Waals surface area contributed by atoms with Crippen LogP contribution in [0.2, 0.25) is 0 Å². The van der Waals surface area contributed by atoms with Crippen LogP contribution in [-0.2, 0) is 9.05 Å². The van der Waals surface area contributed by atoms with Gasteiger partial charge in [-0.1, -0.05) is 0 Å². The normalized spacial score (nSPS) is 11.3. The van der Waals surface area contributed by atoms with Gasteiger partial charge in [-0.3, -0.25) is 0 Å². The summed E-state index contributed by atoms with van der Waals surface area (Å²) in [4.78, 5) is 1.71. The van der Waals surface area contributed by atoms with Gasteiger partial charge in [-0.05, 0) is 27.7 Å². The van der Waals surface area contributed by atoms with Crippen molar-refractivity contribution in [2.45, 2.75) is 52.6 Å². The van der Waals surface area contributed by atoms with Crippen LogP contribution in [0.25, 0.3) is 0 Å². The summed E-state index contributed by atoms with van der Waals surface area (Å²) in [5.74, 6) is 0. The first-order chi connectivity index (χ1) is 9.51. The summed E-state index contributed by atoms with van der Waals surface area (Å²) in [6, 6.07) is 4.46. The van der Waals surface area contributed by atoms with Crippen molar-refractivity contribution in [2.75, 3.05) is 13.2 Å². The third-order valence-corrected chi connectivity index (χ3v) is 3.12. The van der Waals surface area contributed by atoms with E-state index in [-0.39, 0.29) is 12.1 Å². The predicted molar refractivity (Wildman–Crippen MR) is 77.7 cm³/mol. The smallest absolute Gasteiger partial charge is 0.288 e. The summed E-state index contributed by atoms with van der Waals surface area (Å²) < 4.78 is 11.2. The lowest BCUT2D eigenvalue weighted by molar-refractivity contribution is 0.126. The molecule has 20 heavy (non-hydrogen) atoms. The van der Waals surface area contributed by atoms with Gasteiger partial charge in [0.2, 0.25) is 0 Å². The molecule has 0 amide bonds. The lowest BCUT2D eigenvalue weighted by atomic mass is 10.4. The molecule has 0 rings (SSSR count). The molecule has 8 heteroatoms. The second-order valence-corrected chi connectivity index (χ2v) is 5.99. The number of hydrogen-bond donors (Lipinski definition) is 2. The van der Waals surface area contributed by atoms with Gasteiger partial charge in [0.05, 0.1) is 38.2 Å². The minimum Gasteiger partial charge on any atom is -0.319 e. The minimum absolute atomic E-state index is 0.199. The molecule has 0 aromatic carbocycles. The quantitative estimate of drug-likeness (QED) is 0.343. The highest BCUT2D eigenvalue weighted by molar-refractivity contribution is 7.44. The van der Waals surface area contributed by atoms with Crippen LogP contribution in [0.4, 0.5) is 0 Å². The number of rotatable bonds is 11. The van der Waals surface area contributed by atoms with E-state index in [1.54, 1.807) is 4.89 Å². The molecule has 0 aliphatic rings. The van der Waals surface area contributed by atoms with E-state index in [1.165, 1.54) is 0 Å². The molecule has 2 N–H and O–H groups in total. The molecule has 0 aromatic heterocycles. The standard InChI is InChI=1S/C12H24N5O2P/c1-11(2)15-17(16-12(3)4)20(18-9-5-7-13)19-10-6-8-14/h11-12,15-16H,5-6,9-10H2,1-4H3. The molecule has 0 saturated carbocycles. The van der Waals surface area contributed by atoms with Crippen molar-refractivity contribution in [3.63, 3.8) is 0 Å². The molecular weight excluding hydrogens is 277 g/mol. The molecule has 0 heterocycles. The predicted octanol–water partition coefficient (Wildman–Crippen LogP) is 2.20. The minimum atomic E-state index is -1.40. The molecule has 0 radical (unpaired) electrons. The highest BCUT2D eigenvalue weighted by atomic mass is 31.2. The third kappa shape index (κ3) is 10.1. The average Bonchev–Trinajstić information content (AvgIpc) is 2.35. The highest BCUT2D eigenvalue weighted by Gasteiger charge is 2.23. The van der Waals surface area contributed by atoms with Gasteiger partial charge in [0.15, 0.2) is 0 Å². The van der Waals surface area contributed by atoms with Crippen molar-refractivity contribution in [3.05, 3.63) is 0 Å². The summed E-state index contributed by atoms with van der Waals surface area (Å²) in [7, 11) is -1.40. The van der Waals surface area contributed by atoms with Crippen molar-refractivity contribution >= 4 is 8.53 Å². The van der Waals surface area contributed by atoms with E-state index in [0.717, 1.165) is 0 Å².